The summed E-state index contributed by atoms with van der Waals surface area (Å²) in [5.74, 6) is 0. The fourth-order valence-corrected chi connectivity index (χ4v) is 1.88. The van der Waals surface area contributed by atoms with Crippen molar-refractivity contribution in [3.63, 3.8) is 0 Å². The lowest BCUT2D eigenvalue weighted by atomic mass is 10.1. The summed E-state index contributed by atoms with van der Waals surface area (Å²) in [6.07, 6.45) is 5.62. The molecule has 3 heteroatoms. The molecule has 0 saturated carbocycles. The molecule has 1 rings (SSSR count). The van der Waals surface area contributed by atoms with E-state index in [1.807, 2.05) is 11.7 Å². The minimum Gasteiger partial charge on any atom is -0.314 e. The Hall–Kier alpha value is -0.830. The number of nitrogens with one attached hydrogen (secondary N) is 1. The van der Waals surface area contributed by atoms with E-state index >= 15 is 0 Å². The zero-order valence-electron chi connectivity index (χ0n) is 10.4. The Labute approximate surface area is 92.9 Å². The number of hydrogen-bond donors (Lipinski definition) is 1. The lowest BCUT2D eigenvalue weighted by Gasteiger charge is -2.13. The van der Waals surface area contributed by atoms with Gasteiger partial charge in [0.15, 0.2) is 0 Å². The summed E-state index contributed by atoms with van der Waals surface area (Å²) in [6, 6.07) is 0.668. The molecule has 0 amide bonds. The van der Waals surface area contributed by atoms with Gasteiger partial charge >= 0.3 is 0 Å². The molecule has 0 bridgehead atoms. The van der Waals surface area contributed by atoms with Crippen LogP contribution in [0.3, 0.4) is 0 Å². The average molecular weight is 209 g/mol. The Bertz CT molecular complexity index is 287. The smallest absolute Gasteiger partial charge is 0.0626 e. The number of hydrogen-bond acceptors (Lipinski definition) is 2. The third kappa shape index (κ3) is 3.67. The topological polar surface area (TPSA) is 29.9 Å². The van der Waals surface area contributed by atoms with Crippen LogP contribution in [0.15, 0.2) is 6.20 Å². The molecular formula is C12H23N3. The minimum absolute atomic E-state index is 0.668. The van der Waals surface area contributed by atoms with Crippen molar-refractivity contribution in [2.24, 2.45) is 7.05 Å². The van der Waals surface area contributed by atoms with Gasteiger partial charge in [0.2, 0.25) is 0 Å². The predicted octanol–water partition coefficient (Wildman–Crippen LogP) is 2.05. The van der Waals surface area contributed by atoms with Crippen LogP contribution in [0.2, 0.25) is 0 Å². The van der Waals surface area contributed by atoms with Gasteiger partial charge in [-0.1, -0.05) is 13.8 Å². The first-order valence-electron chi connectivity index (χ1n) is 5.89. The largest absolute Gasteiger partial charge is 0.314 e. The first-order valence-corrected chi connectivity index (χ1v) is 5.89. The van der Waals surface area contributed by atoms with Gasteiger partial charge in [0.25, 0.3) is 0 Å². The van der Waals surface area contributed by atoms with Crippen LogP contribution in [0.4, 0.5) is 0 Å². The van der Waals surface area contributed by atoms with Crippen molar-refractivity contribution >= 4 is 0 Å². The number of rotatable bonds is 6. The van der Waals surface area contributed by atoms with E-state index in [1.54, 1.807) is 0 Å². The van der Waals surface area contributed by atoms with Crippen molar-refractivity contribution in [2.45, 2.75) is 46.1 Å². The Kier molecular flexibility index (Phi) is 4.82. The van der Waals surface area contributed by atoms with Gasteiger partial charge in [0.05, 0.1) is 5.69 Å². The molecule has 0 saturated heterocycles. The van der Waals surface area contributed by atoms with E-state index in [1.165, 1.54) is 18.4 Å². The average Bonchev–Trinajstić information content (AvgIpc) is 2.52. The zero-order chi connectivity index (χ0) is 11.3. The fourth-order valence-electron chi connectivity index (χ4n) is 1.88. The van der Waals surface area contributed by atoms with E-state index in [0.717, 1.165) is 18.7 Å². The SMILES string of the molecule is CCC(CC)NCCc1cn(C)nc1C. The Morgan fingerprint density at radius 3 is 2.53 bits per heavy atom. The van der Waals surface area contributed by atoms with E-state index in [9.17, 15) is 0 Å². The molecule has 0 aliphatic carbocycles. The number of aromatic nitrogens is 2. The maximum Gasteiger partial charge on any atom is 0.0626 e. The molecule has 0 aliphatic heterocycles. The molecule has 0 aliphatic rings. The van der Waals surface area contributed by atoms with E-state index in [-0.39, 0.29) is 0 Å². The van der Waals surface area contributed by atoms with Crippen LogP contribution in [0, 0.1) is 6.92 Å². The Balaban J connectivity index is 2.34. The maximum absolute atomic E-state index is 4.34. The van der Waals surface area contributed by atoms with Gasteiger partial charge in [0, 0.05) is 19.3 Å². The molecule has 0 spiro atoms. The van der Waals surface area contributed by atoms with Crippen LogP contribution in [0.25, 0.3) is 0 Å². The summed E-state index contributed by atoms with van der Waals surface area (Å²) < 4.78 is 1.89. The van der Waals surface area contributed by atoms with Gasteiger partial charge in [-0.2, -0.15) is 5.10 Å². The summed E-state index contributed by atoms with van der Waals surface area (Å²) in [4.78, 5) is 0. The van der Waals surface area contributed by atoms with Crippen molar-refractivity contribution in [3.8, 4) is 0 Å². The zero-order valence-corrected chi connectivity index (χ0v) is 10.4. The summed E-state index contributed by atoms with van der Waals surface area (Å²) in [5.41, 5.74) is 2.51. The van der Waals surface area contributed by atoms with Crippen LogP contribution in [-0.2, 0) is 13.5 Å². The summed E-state index contributed by atoms with van der Waals surface area (Å²) in [5, 5.41) is 7.91. The molecule has 1 aromatic heterocycles. The highest BCUT2D eigenvalue weighted by atomic mass is 15.2. The van der Waals surface area contributed by atoms with Crippen molar-refractivity contribution in [3.05, 3.63) is 17.5 Å². The second kappa shape index (κ2) is 5.91. The molecule has 0 atom stereocenters. The van der Waals surface area contributed by atoms with Crippen LogP contribution in [0.5, 0.6) is 0 Å². The van der Waals surface area contributed by atoms with Gasteiger partial charge in [-0.3, -0.25) is 4.68 Å². The second-order valence-electron chi connectivity index (χ2n) is 4.13. The first-order chi connectivity index (χ1) is 7.17. The molecule has 1 aromatic rings. The van der Waals surface area contributed by atoms with E-state index in [2.05, 4.69) is 37.4 Å². The highest BCUT2D eigenvalue weighted by Gasteiger charge is 2.04. The summed E-state index contributed by atoms with van der Waals surface area (Å²) in [6.45, 7) is 7.60. The Morgan fingerprint density at radius 1 is 1.40 bits per heavy atom. The second-order valence-corrected chi connectivity index (χ2v) is 4.13. The van der Waals surface area contributed by atoms with Crippen LogP contribution in [0.1, 0.15) is 37.9 Å². The lowest BCUT2D eigenvalue weighted by molar-refractivity contribution is 0.488. The standard InChI is InChI=1S/C12H23N3/c1-5-12(6-2)13-8-7-11-9-15(4)14-10(11)3/h9,12-13H,5-8H2,1-4H3. The van der Waals surface area contributed by atoms with E-state index in [4.69, 9.17) is 0 Å². The third-order valence-electron chi connectivity index (χ3n) is 2.93. The molecule has 0 aromatic carbocycles. The van der Waals surface area contributed by atoms with Crippen molar-refractivity contribution < 1.29 is 0 Å². The molecule has 1 N–H and O–H groups in total. The van der Waals surface area contributed by atoms with Gasteiger partial charge in [-0.15, -0.1) is 0 Å². The van der Waals surface area contributed by atoms with Crippen LogP contribution < -0.4 is 5.32 Å². The number of aryl methyl sites for hydroxylation is 2. The van der Waals surface area contributed by atoms with E-state index in [0.29, 0.717) is 6.04 Å². The van der Waals surface area contributed by atoms with Crippen molar-refractivity contribution in [1.29, 1.82) is 0 Å². The van der Waals surface area contributed by atoms with Gasteiger partial charge in [-0.05, 0) is 38.3 Å². The molecule has 0 fully saturated rings. The van der Waals surface area contributed by atoms with Gasteiger partial charge in [-0.25, -0.2) is 0 Å². The fraction of sp³-hybridized carbons (Fsp3) is 0.750. The molecule has 0 unspecified atom stereocenters. The van der Waals surface area contributed by atoms with Gasteiger partial charge < -0.3 is 5.32 Å². The monoisotopic (exact) mass is 209 g/mol. The van der Waals surface area contributed by atoms with Crippen LogP contribution in [-0.4, -0.2) is 22.4 Å². The lowest BCUT2D eigenvalue weighted by Crippen LogP contribution is -2.29. The highest BCUT2D eigenvalue weighted by Crippen LogP contribution is 2.05. The minimum atomic E-state index is 0.668. The highest BCUT2D eigenvalue weighted by molar-refractivity contribution is 5.15. The van der Waals surface area contributed by atoms with Crippen LogP contribution >= 0.6 is 0 Å². The molecule has 0 radical (unpaired) electrons. The maximum atomic E-state index is 4.34. The summed E-state index contributed by atoms with van der Waals surface area (Å²) in [7, 11) is 1.98. The van der Waals surface area contributed by atoms with Crippen molar-refractivity contribution in [1.82, 2.24) is 15.1 Å². The summed E-state index contributed by atoms with van der Waals surface area (Å²) >= 11 is 0. The predicted molar refractivity (Wildman–Crippen MR) is 64.0 cm³/mol. The third-order valence-corrected chi connectivity index (χ3v) is 2.93. The molecule has 1 heterocycles. The van der Waals surface area contributed by atoms with E-state index < -0.39 is 0 Å². The van der Waals surface area contributed by atoms with Crippen molar-refractivity contribution in [2.75, 3.05) is 6.54 Å². The van der Waals surface area contributed by atoms with Gasteiger partial charge in [0.1, 0.15) is 0 Å². The molecular weight excluding hydrogens is 186 g/mol. The molecule has 3 nitrogen and oxygen atoms in total. The quantitative estimate of drug-likeness (QED) is 0.777. The number of nitrogens with zero attached hydrogens (tertiary/aromatic N) is 2. The first kappa shape index (κ1) is 12.2. The Morgan fingerprint density at radius 2 is 2.07 bits per heavy atom. The molecule has 86 valence electrons. The molecule has 15 heavy (non-hydrogen) atoms. The normalized spacial score (nSPS) is 11.3.